The molecule has 12 atom stereocenters. The van der Waals surface area contributed by atoms with Crippen LogP contribution in [0.5, 0.6) is 0 Å². The third kappa shape index (κ3) is 3.13. The van der Waals surface area contributed by atoms with Gasteiger partial charge in [-0.3, -0.25) is 4.79 Å². The van der Waals surface area contributed by atoms with Crippen LogP contribution in [-0.2, 0) is 19.0 Å². The monoisotopic (exact) mass is 430 g/mol. The molecule has 2 aliphatic heterocycles. The van der Waals surface area contributed by atoms with Gasteiger partial charge in [-0.05, 0) is 30.6 Å². The van der Waals surface area contributed by atoms with Gasteiger partial charge in [0.1, 0.15) is 30.5 Å². The number of aliphatic hydroxyl groups excluding tert-OH is 5. The van der Waals surface area contributed by atoms with E-state index in [9.17, 15) is 30.3 Å². The first-order valence-corrected chi connectivity index (χ1v) is 10.9. The van der Waals surface area contributed by atoms with E-state index in [1.165, 1.54) is 0 Å². The molecule has 0 aromatic carbocycles. The van der Waals surface area contributed by atoms with Gasteiger partial charge in [0.2, 0.25) is 0 Å². The Hall–Kier alpha value is -0.810. The summed E-state index contributed by atoms with van der Waals surface area (Å²) in [6.45, 7) is 5.71. The Labute approximate surface area is 175 Å². The topological polar surface area (TPSA) is 146 Å². The number of hydrogen-bond acceptors (Lipinski definition) is 9. The number of hydrogen-bond donors (Lipinski definition) is 5. The summed E-state index contributed by atoms with van der Waals surface area (Å²) in [4.78, 5) is 12.6. The molecule has 4 rings (SSSR count). The van der Waals surface area contributed by atoms with Gasteiger partial charge in [-0.25, -0.2) is 0 Å². The molecule has 5 N–H and O–H groups in total. The van der Waals surface area contributed by atoms with Crippen molar-refractivity contribution in [3.63, 3.8) is 0 Å². The molecule has 0 aromatic heterocycles. The number of ether oxygens (including phenoxy) is 3. The fraction of sp³-hybridized carbons (Fsp3) is 0.952. The standard InChI is InChI=1S/C21H34O9/c1-8(2)12-13-10-5-4-9(21(10,3)18(26)17(12)30-19(13)27)7-28-20-16(25)15(24)14(23)11(6-22)29-20/h8-18,20,22-26H,4-7H2,1-3H3/t9-,10-,11-,12-,13?,14-,15-,16-,17?,18+,20-,21-/m1/s1. The van der Waals surface area contributed by atoms with E-state index in [2.05, 4.69) is 13.8 Å². The highest BCUT2D eigenvalue weighted by molar-refractivity contribution is 5.77. The Bertz CT molecular complexity index is 654. The quantitative estimate of drug-likeness (QED) is 0.348. The highest BCUT2D eigenvalue weighted by atomic mass is 16.7. The lowest BCUT2D eigenvalue weighted by Gasteiger charge is -2.50. The van der Waals surface area contributed by atoms with E-state index in [0.717, 1.165) is 12.8 Å². The lowest BCUT2D eigenvalue weighted by Crippen LogP contribution is -2.60. The van der Waals surface area contributed by atoms with Crippen LogP contribution in [0.2, 0.25) is 0 Å². The van der Waals surface area contributed by atoms with Gasteiger partial charge in [-0.2, -0.15) is 0 Å². The first kappa shape index (κ1) is 22.4. The van der Waals surface area contributed by atoms with Crippen molar-refractivity contribution in [2.75, 3.05) is 13.2 Å². The summed E-state index contributed by atoms with van der Waals surface area (Å²) < 4.78 is 16.8. The number of carbonyl (C=O) groups excluding carboxylic acids is 1. The normalized spacial score (nSPS) is 53.1. The summed E-state index contributed by atoms with van der Waals surface area (Å²) in [6, 6.07) is 0. The van der Waals surface area contributed by atoms with Crippen LogP contribution in [0.25, 0.3) is 0 Å². The summed E-state index contributed by atoms with van der Waals surface area (Å²) in [5, 5.41) is 50.7. The van der Waals surface area contributed by atoms with E-state index in [1.54, 1.807) is 0 Å². The van der Waals surface area contributed by atoms with Crippen molar-refractivity contribution in [3.8, 4) is 0 Å². The lowest BCUT2D eigenvalue weighted by atomic mass is 9.55. The van der Waals surface area contributed by atoms with Crippen LogP contribution in [-0.4, -0.2) is 87.6 Å². The first-order chi connectivity index (χ1) is 14.1. The molecule has 0 amide bonds. The molecular weight excluding hydrogens is 396 g/mol. The Morgan fingerprint density at radius 1 is 1.13 bits per heavy atom. The van der Waals surface area contributed by atoms with Crippen LogP contribution in [0.3, 0.4) is 0 Å². The molecule has 30 heavy (non-hydrogen) atoms. The molecule has 0 radical (unpaired) electrons. The number of aliphatic hydroxyl groups is 5. The molecule has 2 saturated heterocycles. The Balaban J connectivity index is 1.49. The van der Waals surface area contributed by atoms with Crippen molar-refractivity contribution in [1.29, 1.82) is 0 Å². The van der Waals surface area contributed by atoms with E-state index in [1.807, 2.05) is 6.92 Å². The Morgan fingerprint density at radius 2 is 1.83 bits per heavy atom. The summed E-state index contributed by atoms with van der Waals surface area (Å²) in [6.07, 6.45) is -6.47. The third-order valence-corrected chi connectivity index (χ3v) is 8.29. The van der Waals surface area contributed by atoms with Gasteiger partial charge < -0.3 is 39.7 Å². The predicted octanol–water partition coefficient (Wildman–Crippen LogP) is -0.976. The van der Waals surface area contributed by atoms with Gasteiger partial charge in [0.05, 0.1) is 25.2 Å². The van der Waals surface area contributed by atoms with Crippen LogP contribution < -0.4 is 0 Å². The molecule has 172 valence electrons. The Kier molecular flexibility index (Phi) is 5.93. The number of rotatable bonds is 5. The van der Waals surface area contributed by atoms with Crippen LogP contribution in [0.15, 0.2) is 0 Å². The van der Waals surface area contributed by atoms with Gasteiger partial charge in [-0.15, -0.1) is 0 Å². The van der Waals surface area contributed by atoms with E-state index < -0.39 is 54.9 Å². The molecule has 2 bridgehead atoms. The van der Waals surface area contributed by atoms with Gasteiger partial charge in [0.25, 0.3) is 0 Å². The van der Waals surface area contributed by atoms with Crippen LogP contribution in [0, 0.1) is 35.0 Å². The van der Waals surface area contributed by atoms with E-state index in [-0.39, 0.29) is 42.2 Å². The largest absolute Gasteiger partial charge is 0.459 e. The van der Waals surface area contributed by atoms with Crippen molar-refractivity contribution in [3.05, 3.63) is 0 Å². The molecule has 4 aliphatic rings. The minimum atomic E-state index is -1.50. The van der Waals surface area contributed by atoms with Gasteiger partial charge in [0, 0.05) is 11.3 Å². The maximum atomic E-state index is 12.6. The van der Waals surface area contributed by atoms with Gasteiger partial charge >= 0.3 is 5.97 Å². The minimum absolute atomic E-state index is 0.00399. The second-order valence-corrected chi connectivity index (χ2v) is 9.97. The van der Waals surface area contributed by atoms with Gasteiger partial charge in [0.15, 0.2) is 6.29 Å². The second-order valence-electron chi connectivity index (χ2n) is 9.97. The maximum absolute atomic E-state index is 12.6. The van der Waals surface area contributed by atoms with E-state index in [4.69, 9.17) is 14.2 Å². The van der Waals surface area contributed by atoms with Gasteiger partial charge in [-0.1, -0.05) is 20.8 Å². The molecule has 9 heteroatoms. The SMILES string of the molecule is CC(C)[C@@H]1C2C(=O)OC1[C@H](O)[C@]1(C)[C@@H](CO[C@@H]3O[C@H](CO)[C@@H](O)[C@@H](O)[C@H]3O)CC[C@H]21. The zero-order chi connectivity index (χ0) is 22.0. The van der Waals surface area contributed by atoms with Crippen LogP contribution >= 0.6 is 0 Å². The summed E-state index contributed by atoms with van der Waals surface area (Å²) in [5.41, 5.74) is -0.582. The smallest absolute Gasteiger partial charge is 0.310 e. The minimum Gasteiger partial charge on any atom is -0.459 e. The first-order valence-electron chi connectivity index (χ1n) is 10.9. The summed E-state index contributed by atoms with van der Waals surface area (Å²) >= 11 is 0. The van der Waals surface area contributed by atoms with Crippen molar-refractivity contribution in [2.45, 2.75) is 76.5 Å². The molecule has 2 saturated carbocycles. The number of carbonyl (C=O) groups is 1. The van der Waals surface area contributed by atoms with Crippen molar-refractivity contribution in [1.82, 2.24) is 0 Å². The zero-order valence-electron chi connectivity index (χ0n) is 17.6. The highest BCUT2D eigenvalue weighted by Crippen LogP contribution is 2.63. The average molecular weight is 430 g/mol. The van der Waals surface area contributed by atoms with Crippen LogP contribution in [0.1, 0.15) is 33.6 Å². The molecular formula is C21H34O9. The average Bonchev–Trinajstić information content (AvgIpc) is 3.20. The molecule has 2 unspecified atom stereocenters. The zero-order valence-corrected chi connectivity index (χ0v) is 17.6. The molecule has 2 aliphatic carbocycles. The predicted molar refractivity (Wildman–Crippen MR) is 102 cm³/mol. The molecule has 0 aromatic rings. The lowest BCUT2D eigenvalue weighted by molar-refractivity contribution is -0.305. The molecule has 9 nitrogen and oxygen atoms in total. The summed E-state index contributed by atoms with van der Waals surface area (Å²) in [7, 11) is 0. The Morgan fingerprint density at radius 3 is 2.47 bits per heavy atom. The third-order valence-electron chi connectivity index (χ3n) is 8.29. The fourth-order valence-corrected chi connectivity index (χ4v) is 6.52. The molecule has 0 spiro atoms. The van der Waals surface area contributed by atoms with Crippen molar-refractivity contribution < 1.29 is 44.5 Å². The molecule has 4 fully saturated rings. The van der Waals surface area contributed by atoms with Crippen LogP contribution in [0.4, 0.5) is 0 Å². The fourth-order valence-electron chi connectivity index (χ4n) is 6.52. The van der Waals surface area contributed by atoms with E-state index >= 15 is 0 Å². The van der Waals surface area contributed by atoms with Crippen molar-refractivity contribution >= 4 is 5.97 Å². The second kappa shape index (κ2) is 7.95. The molecule has 2 heterocycles. The van der Waals surface area contributed by atoms with E-state index in [0.29, 0.717) is 0 Å². The maximum Gasteiger partial charge on any atom is 0.310 e. The summed E-state index contributed by atoms with van der Waals surface area (Å²) in [5.74, 6) is -0.361. The van der Waals surface area contributed by atoms with Crippen molar-refractivity contribution in [2.24, 2.45) is 35.0 Å². The number of esters is 1. The number of fused-ring (bicyclic) bond motifs is 4. The highest BCUT2D eigenvalue weighted by Gasteiger charge is 2.68.